The van der Waals surface area contributed by atoms with Crippen LogP contribution in [0.4, 0.5) is 0 Å². The minimum absolute atomic E-state index is 0.0442. The summed E-state index contributed by atoms with van der Waals surface area (Å²) in [5, 5.41) is 9.06. The molecular weight excluding hydrogens is 296 g/mol. The Labute approximate surface area is 134 Å². The molecule has 1 aliphatic rings. The van der Waals surface area contributed by atoms with Crippen molar-refractivity contribution >= 4 is 11.8 Å². The maximum atomic E-state index is 12.3. The number of carbonyl (C=O) groups excluding carboxylic acids is 2. The molecule has 2 heterocycles. The predicted molar refractivity (Wildman–Crippen MR) is 83.5 cm³/mol. The first-order valence-corrected chi connectivity index (χ1v) is 7.54. The highest BCUT2D eigenvalue weighted by Gasteiger charge is 2.29. The zero-order chi connectivity index (χ0) is 17.1. The highest BCUT2D eigenvalue weighted by Crippen LogP contribution is 2.19. The maximum absolute atomic E-state index is 12.3. The molecule has 1 aromatic heterocycles. The second kappa shape index (κ2) is 6.65. The number of likely N-dealkylation sites (tertiary alicyclic amines) is 1. The van der Waals surface area contributed by atoms with Gasteiger partial charge < -0.3 is 15.6 Å². The lowest BCUT2D eigenvalue weighted by atomic mass is 9.99. The van der Waals surface area contributed by atoms with Crippen molar-refractivity contribution in [1.29, 1.82) is 5.26 Å². The van der Waals surface area contributed by atoms with Crippen LogP contribution in [0.25, 0.3) is 0 Å². The van der Waals surface area contributed by atoms with Gasteiger partial charge in [-0.05, 0) is 37.8 Å². The van der Waals surface area contributed by atoms with Gasteiger partial charge in [0.25, 0.3) is 5.56 Å². The molecule has 1 aliphatic heterocycles. The van der Waals surface area contributed by atoms with Crippen LogP contribution in [0.1, 0.15) is 35.2 Å². The Hall–Kier alpha value is -2.62. The standard InChI is InChI=1S/C16H20N4O3/c1-9-12(10(2)19-16(23)13(9)7-17)3-4-14(21)20-6-5-11(8-20)15(18)22/h11H,3-6,8H2,1-2H3,(H2,18,22)(H,19,23). The monoisotopic (exact) mass is 316 g/mol. The Kier molecular flexibility index (Phi) is 4.84. The summed E-state index contributed by atoms with van der Waals surface area (Å²) in [5.74, 6) is -0.677. The number of nitrogens with one attached hydrogen (secondary N) is 1. The normalized spacial score (nSPS) is 17.1. The van der Waals surface area contributed by atoms with E-state index >= 15 is 0 Å². The van der Waals surface area contributed by atoms with E-state index in [1.807, 2.05) is 6.07 Å². The Morgan fingerprint density at radius 1 is 1.43 bits per heavy atom. The molecule has 2 amide bonds. The molecule has 0 aromatic carbocycles. The molecular formula is C16H20N4O3. The molecule has 0 saturated carbocycles. The van der Waals surface area contributed by atoms with Gasteiger partial charge in [0.15, 0.2) is 0 Å². The molecule has 0 radical (unpaired) electrons. The van der Waals surface area contributed by atoms with Crippen LogP contribution in [0.5, 0.6) is 0 Å². The zero-order valence-corrected chi connectivity index (χ0v) is 13.3. The Morgan fingerprint density at radius 3 is 2.70 bits per heavy atom. The van der Waals surface area contributed by atoms with Gasteiger partial charge in [-0.25, -0.2) is 0 Å². The topological polar surface area (TPSA) is 120 Å². The Morgan fingerprint density at radius 2 is 2.13 bits per heavy atom. The number of primary amides is 1. The first-order chi connectivity index (χ1) is 10.8. The fraction of sp³-hybridized carbons (Fsp3) is 0.500. The lowest BCUT2D eigenvalue weighted by Crippen LogP contribution is -2.32. The second-order valence-corrected chi connectivity index (χ2v) is 5.90. The fourth-order valence-corrected chi connectivity index (χ4v) is 3.03. The van der Waals surface area contributed by atoms with Gasteiger partial charge in [-0.15, -0.1) is 0 Å². The van der Waals surface area contributed by atoms with Gasteiger partial charge in [-0.2, -0.15) is 5.26 Å². The number of aromatic amines is 1. The number of nitrogens with two attached hydrogens (primary N) is 1. The molecule has 1 saturated heterocycles. The minimum atomic E-state index is -0.401. The highest BCUT2D eigenvalue weighted by molar-refractivity contribution is 5.81. The third-order valence-electron chi connectivity index (χ3n) is 4.45. The molecule has 1 atom stereocenters. The van der Waals surface area contributed by atoms with E-state index in [4.69, 9.17) is 11.0 Å². The van der Waals surface area contributed by atoms with Gasteiger partial charge in [0.05, 0.1) is 5.92 Å². The number of aromatic nitrogens is 1. The number of nitrogens with zero attached hydrogens (tertiary/aromatic N) is 2. The van der Waals surface area contributed by atoms with Gasteiger partial charge >= 0.3 is 0 Å². The van der Waals surface area contributed by atoms with Crippen LogP contribution < -0.4 is 11.3 Å². The first-order valence-electron chi connectivity index (χ1n) is 7.54. The van der Waals surface area contributed by atoms with Crippen LogP contribution in [-0.4, -0.2) is 34.8 Å². The number of aryl methyl sites for hydroxylation is 1. The lowest BCUT2D eigenvalue weighted by Gasteiger charge is -2.17. The summed E-state index contributed by atoms with van der Waals surface area (Å²) < 4.78 is 0. The summed E-state index contributed by atoms with van der Waals surface area (Å²) in [4.78, 5) is 39.4. The van der Waals surface area contributed by atoms with Crippen LogP contribution in [0.15, 0.2) is 4.79 Å². The Bertz CT molecular complexity index is 745. The number of hydrogen-bond donors (Lipinski definition) is 2. The number of amides is 2. The molecule has 1 aromatic rings. The van der Waals surface area contributed by atoms with Crippen molar-refractivity contribution in [1.82, 2.24) is 9.88 Å². The number of hydrogen-bond acceptors (Lipinski definition) is 4. The molecule has 1 unspecified atom stereocenters. The molecule has 0 aliphatic carbocycles. The molecule has 2 rings (SSSR count). The summed E-state index contributed by atoms with van der Waals surface area (Å²) in [6.07, 6.45) is 1.32. The van der Waals surface area contributed by atoms with Crippen molar-refractivity contribution in [2.45, 2.75) is 33.1 Å². The number of nitriles is 1. The van der Waals surface area contributed by atoms with Gasteiger partial charge in [-0.3, -0.25) is 14.4 Å². The number of carbonyl (C=O) groups is 2. The van der Waals surface area contributed by atoms with Gasteiger partial charge in [-0.1, -0.05) is 0 Å². The van der Waals surface area contributed by atoms with Crippen molar-refractivity contribution in [3.8, 4) is 6.07 Å². The van der Waals surface area contributed by atoms with Crippen LogP contribution in [-0.2, 0) is 16.0 Å². The second-order valence-electron chi connectivity index (χ2n) is 5.90. The number of rotatable bonds is 4. The smallest absolute Gasteiger partial charge is 0.266 e. The maximum Gasteiger partial charge on any atom is 0.266 e. The number of H-pyrrole nitrogens is 1. The van der Waals surface area contributed by atoms with Crippen molar-refractivity contribution in [2.24, 2.45) is 11.7 Å². The van der Waals surface area contributed by atoms with E-state index < -0.39 is 5.56 Å². The van der Waals surface area contributed by atoms with E-state index in [0.717, 1.165) is 5.56 Å². The zero-order valence-electron chi connectivity index (χ0n) is 13.3. The SMILES string of the molecule is Cc1[nH]c(=O)c(C#N)c(C)c1CCC(=O)N1CCC(C(N)=O)C1. The van der Waals surface area contributed by atoms with E-state index in [1.54, 1.807) is 18.7 Å². The van der Waals surface area contributed by atoms with Crippen LogP contribution in [0, 0.1) is 31.1 Å². The molecule has 1 fully saturated rings. The van der Waals surface area contributed by atoms with Crippen molar-refractivity contribution < 1.29 is 9.59 Å². The van der Waals surface area contributed by atoms with Gasteiger partial charge in [0.1, 0.15) is 11.6 Å². The van der Waals surface area contributed by atoms with Crippen LogP contribution in [0.2, 0.25) is 0 Å². The average molecular weight is 316 g/mol. The summed E-state index contributed by atoms with van der Waals surface area (Å²) in [6, 6.07) is 1.90. The molecule has 23 heavy (non-hydrogen) atoms. The van der Waals surface area contributed by atoms with Crippen molar-refractivity contribution in [3.05, 3.63) is 32.7 Å². The highest BCUT2D eigenvalue weighted by atomic mass is 16.2. The van der Waals surface area contributed by atoms with E-state index in [9.17, 15) is 14.4 Å². The van der Waals surface area contributed by atoms with Crippen molar-refractivity contribution in [3.63, 3.8) is 0 Å². The molecule has 0 bridgehead atoms. The third-order valence-corrected chi connectivity index (χ3v) is 4.45. The molecule has 7 heteroatoms. The third kappa shape index (κ3) is 3.42. The molecule has 122 valence electrons. The number of pyridine rings is 1. The first kappa shape index (κ1) is 16.7. The van der Waals surface area contributed by atoms with Gasteiger partial charge in [0.2, 0.25) is 11.8 Å². The minimum Gasteiger partial charge on any atom is -0.369 e. The molecule has 7 nitrogen and oxygen atoms in total. The molecule has 3 N–H and O–H groups in total. The van der Waals surface area contributed by atoms with E-state index in [1.165, 1.54) is 0 Å². The lowest BCUT2D eigenvalue weighted by molar-refractivity contribution is -0.130. The summed E-state index contributed by atoms with van der Waals surface area (Å²) in [5.41, 5.74) is 7.08. The largest absolute Gasteiger partial charge is 0.369 e. The predicted octanol–water partition coefficient (Wildman–Crippen LogP) is 0.130. The van der Waals surface area contributed by atoms with Crippen LogP contribution in [0.3, 0.4) is 0 Å². The fourth-order valence-electron chi connectivity index (χ4n) is 3.03. The average Bonchev–Trinajstić information content (AvgIpc) is 2.97. The van der Waals surface area contributed by atoms with E-state index in [0.29, 0.717) is 37.2 Å². The Balaban J connectivity index is 2.07. The van der Waals surface area contributed by atoms with Gasteiger partial charge in [0, 0.05) is 25.2 Å². The summed E-state index contributed by atoms with van der Waals surface area (Å²) >= 11 is 0. The quantitative estimate of drug-likeness (QED) is 0.820. The molecule has 0 spiro atoms. The summed E-state index contributed by atoms with van der Waals surface area (Å²) in [7, 11) is 0. The van der Waals surface area contributed by atoms with E-state index in [2.05, 4.69) is 4.98 Å². The summed E-state index contributed by atoms with van der Waals surface area (Å²) in [6.45, 7) is 4.40. The van der Waals surface area contributed by atoms with Crippen LogP contribution >= 0.6 is 0 Å². The van der Waals surface area contributed by atoms with Crippen molar-refractivity contribution in [2.75, 3.05) is 13.1 Å². The van der Waals surface area contributed by atoms with E-state index in [-0.39, 0.29) is 29.7 Å².